The van der Waals surface area contributed by atoms with Gasteiger partial charge in [-0.05, 0) is 75.1 Å². The van der Waals surface area contributed by atoms with Crippen molar-refractivity contribution in [1.29, 1.82) is 0 Å². The van der Waals surface area contributed by atoms with Gasteiger partial charge < -0.3 is 14.8 Å². The first-order chi connectivity index (χ1) is 15.1. The molecule has 0 aromatic heterocycles. The molecule has 0 saturated carbocycles. The molecule has 0 spiro atoms. The molecule has 1 atom stereocenters. The van der Waals surface area contributed by atoms with Crippen molar-refractivity contribution in [3.63, 3.8) is 0 Å². The van der Waals surface area contributed by atoms with Gasteiger partial charge in [-0.1, -0.05) is 19.1 Å². The summed E-state index contributed by atoms with van der Waals surface area (Å²) in [4.78, 5) is 12.5. The second kappa shape index (κ2) is 11.8. The zero-order valence-corrected chi connectivity index (χ0v) is 20.3. The van der Waals surface area contributed by atoms with Crippen LogP contribution in [0, 0.1) is 0 Å². The average Bonchev–Trinajstić information content (AvgIpc) is 2.75. The van der Waals surface area contributed by atoms with E-state index in [1.165, 1.54) is 16.9 Å². The SMILES string of the molecule is CC[C@H](Oc1ccc(N(C)S(C)(=O)=O)cc1)C(=O)NCCCc1ccc(OC(C)C)cc1. The molecule has 7 nitrogen and oxygen atoms in total. The third-order valence-corrected chi connectivity index (χ3v) is 6.08. The predicted molar refractivity (Wildman–Crippen MR) is 128 cm³/mol. The minimum absolute atomic E-state index is 0.150. The van der Waals surface area contributed by atoms with E-state index >= 15 is 0 Å². The maximum atomic E-state index is 12.5. The average molecular weight is 463 g/mol. The number of nitrogens with one attached hydrogen (secondary N) is 1. The van der Waals surface area contributed by atoms with Gasteiger partial charge in [0.2, 0.25) is 10.0 Å². The normalized spacial score (nSPS) is 12.3. The highest BCUT2D eigenvalue weighted by Gasteiger charge is 2.18. The van der Waals surface area contributed by atoms with E-state index in [0.717, 1.165) is 24.8 Å². The van der Waals surface area contributed by atoms with Crippen LogP contribution in [-0.2, 0) is 21.2 Å². The summed E-state index contributed by atoms with van der Waals surface area (Å²) in [6.45, 7) is 6.44. The van der Waals surface area contributed by atoms with E-state index in [4.69, 9.17) is 9.47 Å². The van der Waals surface area contributed by atoms with E-state index in [1.807, 2.05) is 45.0 Å². The minimum atomic E-state index is -3.33. The van der Waals surface area contributed by atoms with Crippen LogP contribution < -0.4 is 19.1 Å². The summed E-state index contributed by atoms with van der Waals surface area (Å²) in [7, 11) is -1.84. The van der Waals surface area contributed by atoms with E-state index < -0.39 is 16.1 Å². The monoisotopic (exact) mass is 462 g/mol. The summed E-state index contributed by atoms with van der Waals surface area (Å²) in [5.41, 5.74) is 1.72. The van der Waals surface area contributed by atoms with Crippen LogP contribution in [0.4, 0.5) is 5.69 Å². The highest BCUT2D eigenvalue weighted by molar-refractivity contribution is 7.92. The van der Waals surface area contributed by atoms with Crippen LogP contribution in [0.15, 0.2) is 48.5 Å². The maximum absolute atomic E-state index is 12.5. The van der Waals surface area contributed by atoms with Crippen LogP contribution in [0.1, 0.15) is 39.2 Å². The molecule has 1 amide bonds. The fourth-order valence-electron chi connectivity index (χ4n) is 3.04. The van der Waals surface area contributed by atoms with Gasteiger partial charge in [0.05, 0.1) is 18.0 Å². The second-order valence-corrected chi connectivity index (χ2v) is 9.96. The van der Waals surface area contributed by atoms with Gasteiger partial charge in [0.1, 0.15) is 11.5 Å². The van der Waals surface area contributed by atoms with E-state index in [1.54, 1.807) is 24.3 Å². The van der Waals surface area contributed by atoms with Crippen molar-refractivity contribution in [2.24, 2.45) is 0 Å². The van der Waals surface area contributed by atoms with E-state index in [9.17, 15) is 13.2 Å². The molecule has 0 aliphatic heterocycles. The molecule has 2 aromatic rings. The van der Waals surface area contributed by atoms with E-state index in [2.05, 4.69) is 5.32 Å². The summed E-state index contributed by atoms with van der Waals surface area (Å²) in [6.07, 6.45) is 2.88. The molecule has 0 aliphatic rings. The molecule has 0 aliphatic carbocycles. The summed E-state index contributed by atoms with van der Waals surface area (Å²) in [6, 6.07) is 14.7. The first-order valence-corrected chi connectivity index (χ1v) is 12.7. The topological polar surface area (TPSA) is 84.9 Å². The first kappa shape index (κ1) is 25.5. The smallest absolute Gasteiger partial charge is 0.261 e. The van der Waals surface area contributed by atoms with Crippen molar-refractivity contribution in [1.82, 2.24) is 5.32 Å². The van der Waals surface area contributed by atoms with Crippen LogP contribution in [0.25, 0.3) is 0 Å². The zero-order chi connectivity index (χ0) is 23.7. The number of hydrogen-bond acceptors (Lipinski definition) is 5. The fraction of sp³-hybridized carbons (Fsp3) is 0.458. The van der Waals surface area contributed by atoms with Gasteiger partial charge in [0.15, 0.2) is 6.10 Å². The molecule has 0 bridgehead atoms. The highest BCUT2D eigenvalue weighted by atomic mass is 32.2. The highest BCUT2D eigenvalue weighted by Crippen LogP contribution is 2.21. The lowest BCUT2D eigenvalue weighted by Crippen LogP contribution is -2.38. The van der Waals surface area contributed by atoms with Crippen molar-refractivity contribution in [2.45, 2.75) is 52.2 Å². The lowest BCUT2D eigenvalue weighted by atomic mass is 10.1. The number of rotatable bonds is 12. The number of hydrogen-bond donors (Lipinski definition) is 1. The Morgan fingerprint density at radius 3 is 2.09 bits per heavy atom. The number of carbonyl (C=O) groups is 1. The Morgan fingerprint density at radius 2 is 1.56 bits per heavy atom. The van der Waals surface area contributed by atoms with Gasteiger partial charge in [-0.3, -0.25) is 9.10 Å². The zero-order valence-electron chi connectivity index (χ0n) is 19.5. The Morgan fingerprint density at radius 1 is 1.00 bits per heavy atom. The Bertz CT molecular complexity index is 957. The molecule has 32 heavy (non-hydrogen) atoms. The van der Waals surface area contributed by atoms with Crippen molar-refractivity contribution in [2.75, 3.05) is 24.2 Å². The van der Waals surface area contributed by atoms with Crippen molar-refractivity contribution >= 4 is 21.6 Å². The Balaban J connectivity index is 1.80. The van der Waals surface area contributed by atoms with Gasteiger partial charge in [0, 0.05) is 13.6 Å². The van der Waals surface area contributed by atoms with Crippen LogP contribution in [-0.4, -0.2) is 46.4 Å². The quantitative estimate of drug-likeness (QED) is 0.485. The number of anilines is 1. The Labute approximate surface area is 191 Å². The number of benzene rings is 2. The number of aryl methyl sites for hydroxylation is 1. The number of carbonyl (C=O) groups excluding carboxylic acids is 1. The summed E-state index contributed by atoms with van der Waals surface area (Å²) >= 11 is 0. The molecular weight excluding hydrogens is 428 g/mol. The lowest BCUT2D eigenvalue weighted by molar-refractivity contribution is -0.128. The number of sulfonamides is 1. The fourth-order valence-corrected chi connectivity index (χ4v) is 3.54. The van der Waals surface area contributed by atoms with Gasteiger partial charge in [-0.2, -0.15) is 0 Å². The second-order valence-electron chi connectivity index (χ2n) is 7.94. The molecule has 176 valence electrons. The lowest BCUT2D eigenvalue weighted by Gasteiger charge is -2.19. The summed E-state index contributed by atoms with van der Waals surface area (Å²) in [5.74, 6) is 1.21. The molecule has 8 heteroatoms. The number of ether oxygens (including phenoxy) is 2. The predicted octanol–water partition coefficient (Wildman–Crippen LogP) is 3.78. The molecule has 0 fully saturated rings. The van der Waals surface area contributed by atoms with Gasteiger partial charge in [-0.15, -0.1) is 0 Å². The molecule has 1 N–H and O–H groups in total. The minimum Gasteiger partial charge on any atom is -0.491 e. The maximum Gasteiger partial charge on any atom is 0.261 e. The summed E-state index contributed by atoms with van der Waals surface area (Å²) in [5, 5.41) is 2.93. The van der Waals surface area contributed by atoms with Crippen LogP contribution >= 0.6 is 0 Å². The molecule has 0 unspecified atom stereocenters. The molecule has 0 radical (unpaired) electrons. The van der Waals surface area contributed by atoms with Gasteiger partial charge in [0.25, 0.3) is 5.91 Å². The van der Waals surface area contributed by atoms with Crippen molar-refractivity contribution in [3.8, 4) is 11.5 Å². The van der Waals surface area contributed by atoms with Gasteiger partial charge in [-0.25, -0.2) is 8.42 Å². The molecule has 0 saturated heterocycles. The van der Waals surface area contributed by atoms with Crippen molar-refractivity contribution in [3.05, 3.63) is 54.1 Å². The Hall–Kier alpha value is -2.74. The third-order valence-electron chi connectivity index (χ3n) is 4.88. The third kappa shape index (κ3) is 8.07. The van der Waals surface area contributed by atoms with Crippen molar-refractivity contribution < 1.29 is 22.7 Å². The standard InChI is InChI=1S/C24H34N2O5S/c1-6-23(31-22-15-11-20(12-16-22)26(4)32(5,28)29)24(27)25-17-7-8-19-9-13-21(14-10-19)30-18(2)3/h9-16,18,23H,6-8,17H2,1-5H3,(H,25,27)/t23-/m0/s1. The molecule has 2 aromatic carbocycles. The van der Waals surface area contributed by atoms with Crippen LogP contribution in [0.5, 0.6) is 11.5 Å². The number of amides is 1. The Kier molecular flexibility index (Phi) is 9.38. The van der Waals surface area contributed by atoms with Gasteiger partial charge >= 0.3 is 0 Å². The largest absolute Gasteiger partial charge is 0.491 e. The number of nitrogens with zero attached hydrogens (tertiary/aromatic N) is 1. The van der Waals surface area contributed by atoms with Crippen LogP contribution in [0.2, 0.25) is 0 Å². The van der Waals surface area contributed by atoms with Crippen LogP contribution in [0.3, 0.4) is 0 Å². The first-order valence-electron chi connectivity index (χ1n) is 10.8. The summed E-state index contributed by atoms with van der Waals surface area (Å²) < 4.78 is 35.9. The van der Waals surface area contributed by atoms with E-state index in [0.29, 0.717) is 24.4 Å². The van der Waals surface area contributed by atoms with E-state index in [-0.39, 0.29) is 12.0 Å². The molecule has 0 heterocycles. The molecule has 2 rings (SSSR count). The molecular formula is C24H34N2O5S.